The topological polar surface area (TPSA) is 39.4 Å². The van der Waals surface area contributed by atoms with Gasteiger partial charge in [-0.25, -0.2) is 4.79 Å². The molecule has 0 aliphatic carbocycles. The van der Waals surface area contributed by atoms with Crippen molar-refractivity contribution in [1.29, 1.82) is 0 Å². The fraction of sp³-hybridized carbons (Fsp3) is 0. The quantitative estimate of drug-likeness (QED) is 0.606. The van der Waals surface area contributed by atoms with Crippen molar-refractivity contribution in [3.63, 3.8) is 0 Å². The summed E-state index contributed by atoms with van der Waals surface area (Å²) in [5.41, 5.74) is 0. The molecule has 0 fully saturated rings. The molecule has 1 aromatic carbocycles. The third kappa shape index (κ3) is 2.75. The zero-order valence-corrected chi connectivity index (χ0v) is 10.5. The van der Waals surface area contributed by atoms with Gasteiger partial charge in [0, 0.05) is 5.02 Å². The Hall–Kier alpha value is -1.16. The molecule has 1 heterocycles. The minimum atomic E-state index is -0.680. The van der Waals surface area contributed by atoms with Crippen molar-refractivity contribution in [2.75, 3.05) is 0 Å². The minimum Gasteiger partial charge on any atom is -0.457 e. The molecule has 3 nitrogen and oxygen atoms in total. The van der Waals surface area contributed by atoms with Crippen molar-refractivity contribution in [1.82, 2.24) is 0 Å². The van der Waals surface area contributed by atoms with Gasteiger partial charge < -0.3 is 9.15 Å². The summed E-state index contributed by atoms with van der Waals surface area (Å²) >= 11 is 17.5. The Balaban J connectivity index is 2.28. The van der Waals surface area contributed by atoms with Crippen LogP contribution in [0.1, 0.15) is 10.6 Å². The molecule has 0 aliphatic rings. The highest BCUT2D eigenvalue weighted by atomic mass is 35.5. The first-order chi connectivity index (χ1) is 8.08. The zero-order chi connectivity index (χ0) is 12.4. The highest BCUT2D eigenvalue weighted by Gasteiger charge is 2.16. The number of furan rings is 1. The molecular formula is C11H5Cl3O3. The van der Waals surface area contributed by atoms with Crippen molar-refractivity contribution in [3.05, 3.63) is 51.4 Å². The van der Waals surface area contributed by atoms with Gasteiger partial charge in [-0.3, -0.25) is 0 Å². The average molecular weight is 292 g/mol. The molecular weight excluding hydrogens is 286 g/mol. The smallest absolute Gasteiger partial charge is 0.379 e. The molecule has 0 N–H and O–H groups in total. The molecule has 0 radical (unpaired) electrons. The predicted molar refractivity (Wildman–Crippen MR) is 65.1 cm³/mol. The van der Waals surface area contributed by atoms with Crippen molar-refractivity contribution in [2.45, 2.75) is 0 Å². The summed E-state index contributed by atoms with van der Waals surface area (Å²) in [4.78, 5) is 11.6. The number of halogens is 3. The predicted octanol–water partition coefficient (Wildman–Crippen LogP) is 4.46. The van der Waals surface area contributed by atoms with Crippen LogP contribution >= 0.6 is 34.8 Å². The lowest BCUT2D eigenvalue weighted by Crippen LogP contribution is -2.07. The van der Waals surface area contributed by atoms with Gasteiger partial charge in [0.2, 0.25) is 5.76 Å². The number of carbonyl (C=O) groups excluding carboxylic acids is 1. The van der Waals surface area contributed by atoms with Gasteiger partial charge in [0.15, 0.2) is 5.75 Å². The van der Waals surface area contributed by atoms with Crippen LogP contribution in [0.25, 0.3) is 0 Å². The van der Waals surface area contributed by atoms with E-state index in [1.54, 1.807) is 6.07 Å². The lowest BCUT2D eigenvalue weighted by Gasteiger charge is -2.07. The molecule has 0 saturated carbocycles. The van der Waals surface area contributed by atoms with Crippen LogP contribution in [0.15, 0.2) is 34.9 Å². The summed E-state index contributed by atoms with van der Waals surface area (Å²) in [6.07, 6.45) is 1.36. The van der Waals surface area contributed by atoms with E-state index >= 15 is 0 Å². The van der Waals surface area contributed by atoms with E-state index in [9.17, 15) is 4.79 Å². The second-order valence-electron chi connectivity index (χ2n) is 3.07. The molecule has 2 rings (SSSR count). The van der Waals surface area contributed by atoms with E-state index in [1.165, 1.54) is 24.5 Å². The standard InChI is InChI=1S/C11H5Cl3O3/c12-6-4-7(13)10(8(14)5-6)17-11(15)9-2-1-3-16-9/h1-5H. The van der Waals surface area contributed by atoms with Gasteiger partial charge >= 0.3 is 5.97 Å². The van der Waals surface area contributed by atoms with E-state index in [0.29, 0.717) is 5.02 Å². The zero-order valence-electron chi connectivity index (χ0n) is 8.25. The summed E-state index contributed by atoms with van der Waals surface area (Å²) in [5.74, 6) is -0.563. The van der Waals surface area contributed by atoms with Gasteiger partial charge in [0.1, 0.15) is 0 Å². The number of hydrogen-bond acceptors (Lipinski definition) is 3. The maximum absolute atomic E-state index is 11.6. The molecule has 6 heteroatoms. The highest BCUT2D eigenvalue weighted by molar-refractivity contribution is 6.40. The normalized spacial score (nSPS) is 10.3. The van der Waals surface area contributed by atoms with Crippen LogP contribution in [0.3, 0.4) is 0 Å². The molecule has 0 bridgehead atoms. The van der Waals surface area contributed by atoms with Gasteiger partial charge in [-0.15, -0.1) is 0 Å². The van der Waals surface area contributed by atoms with Crippen LogP contribution in [0, 0.1) is 0 Å². The summed E-state index contributed by atoms with van der Waals surface area (Å²) < 4.78 is 9.90. The van der Waals surface area contributed by atoms with Crippen LogP contribution in [-0.2, 0) is 0 Å². The molecule has 17 heavy (non-hydrogen) atoms. The van der Waals surface area contributed by atoms with Gasteiger partial charge in [-0.1, -0.05) is 34.8 Å². The van der Waals surface area contributed by atoms with E-state index < -0.39 is 5.97 Å². The fourth-order valence-electron chi connectivity index (χ4n) is 1.16. The second-order valence-corrected chi connectivity index (χ2v) is 4.32. The summed E-state index contributed by atoms with van der Waals surface area (Å²) in [7, 11) is 0. The molecule has 88 valence electrons. The Bertz CT molecular complexity index is 526. The van der Waals surface area contributed by atoms with Crippen LogP contribution in [0.4, 0.5) is 0 Å². The van der Waals surface area contributed by atoms with E-state index in [0.717, 1.165) is 0 Å². The largest absolute Gasteiger partial charge is 0.457 e. The number of benzene rings is 1. The number of esters is 1. The third-order valence-electron chi connectivity index (χ3n) is 1.88. The van der Waals surface area contributed by atoms with Crippen molar-refractivity contribution >= 4 is 40.8 Å². The van der Waals surface area contributed by atoms with Gasteiger partial charge in [-0.2, -0.15) is 0 Å². The first-order valence-corrected chi connectivity index (χ1v) is 5.61. The molecule has 2 aromatic rings. The Labute approximate surface area is 112 Å². The molecule has 0 atom stereocenters. The highest BCUT2D eigenvalue weighted by Crippen LogP contribution is 2.36. The van der Waals surface area contributed by atoms with Crippen LogP contribution in [0.2, 0.25) is 15.1 Å². The lowest BCUT2D eigenvalue weighted by atomic mass is 10.3. The molecule has 0 unspecified atom stereocenters. The molecule has 0 spiro atoms. The van der Waals surface area contributed by atoms with E-state index in [1.807, 2.05) is 0 Å². The van der Waals surface area contributed by atoms with Crippen LogP contribution in [-0.4, -0.2) is 5.97 Å². The first kappa shape index (κ1) is 12.3. The first-order valence-electron chi connectivity index (χ1n) is 4.48. The van der Waals surface area contributed by atoms with E-state index in [4.69, 9.17) is 44.0 Å². The number of ether oxygens (including phenoxy) is 1. The Morgan fingerprint density at radius 2 is 1.82 bits per heavy atom. The summed E-state index contributed by atoms with van der Waals surface area (Å²) in [6.45, 7) is 0. The fourth-order valence-corrected chi connectivity index (χ4v) is 2.06. The summed E-state index contributed by atoms with van der Waals surface area (Å²) in [5, 5.41) is 0.669. The van der Waals surface area contributed by atoms with Gasteiger partial charge in [0.25, 0.3) is 0 Å². The van der Waals surface area contributed by atoms with Crippen molar-refractivity contribution < 1.29 is 13.9 Å². The average Bonchev–Trinajstić information content (AvgIpc) is 2.76. The SMILES string of the molecule is O=C(Oc1c(Cl)cc(Cl)cc1Cl)c1ccco1. The third-order valence-corrected chi connectivity index (χ3v) is 2.66. The number of carbonyl (C=O) groups is 1. The van der Waals surface area contributed by atoms with Crippen LogP contribution < -0.4 is 4.74 Å². The molecule has 0 saturated heterocycles. The Kier molecular flexibility index (Phi) is 3.62. The summed E-state index contributed by atoms with van der Waals surface area (Å²) in [6, 6.07) is 5.90. The van der Waals surface area contributed by atoms with Gasteiger partial charge in [-0.05, 0) is 24.3 Å². The van der Waals surface area contributed by atoms with Crippen molar-refractivity contribution in [2.24, 2.45) is 0 Å². The number of rotatable bonds is 2. The Morgan fingerprint density at radius 3 is 2.35 bits per heavy atom. The molecule has 0 amide bonds. The monoisotopic (exact) mass is 290 g/mol. The van der Waals surface area contributed by atoms with Crippen LogP contribution in [0.5, 0.6) is 5.75 Å². The van der Waals surface area contributed by atoms with Crippen molar-refractivity contribution in [3.8, 4) is 5.75 Å². The van der Waals surface area contributed by atoms with Gasteiger partial charge in [0.05, 0.1) is 16.3 Å². The molecule has 0 aliphatic heterocycles. The maximum Gasteiger partial charge on any atom is 0.379 e. The maximum atomic E-state index is 11.6. The lowest BCUT2D eigenvalue weighted by molar-refractivity contribution is 0.0701. The minimum absolute atomic E-state index is 0.0548. The second kappa shape index (κ2) is 5.00. The number of hydrogen-bond donors (Lipinski definition) is 0. The Morgan fingerprint density at radius 1 is 1.18 bits per heavy atom. The molecule has 1 aromatic heterocycles. The van der Waals surface area contributed by atoms with E-state index in [2.05, 4.69) is 0 Å². The van der Waals surface area contributed by atoms with E-state index in [-0.39, 0.29) is 21.6 Å².